The molecule has 3 heterocycles. The molecule has 0 radical (unpaired) electrons. The predicted molar refractivity (Wildman–Crippen MR) is 158 cm³/mol. The molecular formula is C35H27FN2O4. The van der Waals surface area contributed by atoms with Crippen LogP contribution in [0.2, 0.25) is 0 Å². The molecule has 6 nitrogen and oxygen atoms in total. The minimum Gasteiger partial charge on any atom is -0.450 e. The number of nitrogens with zero attached hydrogens (tertiary/aromatic N) is 2. The lowest BCUT2D eigenvalue weighted by Gasteiger charge is -2.34. The summed E-state index contributed by atoms with van der Waals surface area (Å²) in [6.45, 7) is 6.02. The first-order valence-electron chi connectivity index (χ1n) is 13.8. The van der Waals surface area contributed by atoms with Gasteiger partial charge in [0.25, 0.3) is 11.8 Å². The Morgan fingerprint density at radius 3 is 2.17 bits per heavy atom. The van der Waals surface area contributed by atoms with Crippen molar-refractivity contribution in [2.75, 3.05) is 4.90 Å². The summed E-state index contributed by atoms with van der Waals surface area (Å²) in [6.07, 6.45) is 0. The number of halogens is 1. The second-order valence-electron chi connectivity index (χ2n) is 11.2. The van der Waals surface area contributed by atoms with Gasteiger partial charge < -0.3 is 14.2 Å². The molecule has 0 bridgehead atoms. The lowest BCUT2D eigenvalue weighted by atomic mass is 9.83. The Balaban J connectivity index is 1.51. The van der Waals surface area contributed by atoms with Crippen LogP contribution in [-0.2, 0) is 23.4 Å². The van der Waals surface area contributed by atoms with Crippen molar-refractivity contribution in [1.82, 2.24) is 4.90 Å². The van der Waals surface area contributed by atoms with Crippen LogP contribution in [0.1, 0.15) is 49.5 Å². The van der Waals surface area contributed by atoms with Crippen LogP contribution in [0, 0.1) is 26.6 Å². The summed E-state index contributed by atoms with van der Waals surface area (Å²) in [7, 11) is 0. The number of carbonyl (C=O) groups is 2. The van der Waals surface area contributed by atoms with Gasteiger partial charge in [0.1, 0.15) is 11.4 Å². The molecule has 5 aromatic rings. The fourth-order valence-electron chi connectivity index (χ4n) is 6.27. The number of carbonyl (C=O) groups excluding carboxylic acids is 2. The highest BCUT2D eigenvalue weighted by Gasteiger charge is 2.65. The Hall–Kier alpha value is -5.04. The van der Waals surface area contributed by atoms with Crippen molar-refractivity contribution in [3.63, 3.8) is 0 Å². The molecule has 1 spiro atoms. The molecule has 7 heteroatoms. The van der Waals surface area contributed by atoms with Gasteiger partial charge in [-0.2, -0.15) is 0 Å². The summed E-state index contributed by atoms with van der Waals surface area (Å²) in [4.78, 5) is 46.7. The molecule has 7 rings (SSSR count). The Labute approximate surface area is 241 Å². The van der Waals surface area contributed by atoms with E-state index in [0.717, 1.165) is 22.3 Å². The summed E-state index contributed by atoms with van der Waals surface area (Å²) in [6, 6.07) is 24.4. The first kappa shape index (κ1) is 25.9. The molecule has 0 fully saturated rings. The topological polar surface area (TPSA) is 70.8 Å². The van der Waals surface area contributed by atoms with Gasteiger partial charge in [-0.15, -0.1) is 0 Å². The maximum absolute atomic E-state index is 14.9. The highest BCUT2D eigenvalue weighted by molar-refractivity contribution is 6.17. The molecule has 4 aromatic carbocycles. The van der Waals surface area contributed by atoms with E-state index in [1.54, 1.807) is 41.3 Å². The fraction of sp³-hybridized carbons (Fsp3) is 0.171. The molecule has 0 saturated heterocycles. The molecule has 1 aromatic heterocycles. The smallest absolute Gasteiger partial charge is 0.291 e. The maximum Gasteiger partial charge on any atom is 0.291 e. The molecule has 1 atom stereocenters. The Morgan fingerprint density at radius 2 is 1.43 bits per heavy atom. The number of amides is 2. The highest BCUT2D eigenvalue weighted by Crippen LogP contribution is 2.53. The van der Waals surface area contributed by atoms with E-state index < -0.39 is 22.8 Å². The number of hydrogen-bond donors (Lipinski definition) is 0. The summed E-state index contributed by atoms with van der Waals surface area (Å²) in [5, 5.41) is 0.323. The van der Waals surface area contributed by atoms with Crippen molar-refractivity contribution >= 4 is 28.5 Å². The number of para-hydroxylation sites is 1. The van der Waals surface area contributed by atoms with Crippen LogP contribution in [0.5, 0.6) is 0 Å². The minimum absolute atomic E-state index is 0.0365. The third-order valence-electron chi connectivity index (χ3n) is 8.57. The van der Waals surface area contributed by atoms with E-state index in [-0.39, 0.29) is 30.2 Å². The molecule has 42 heavy (non-hydrogen) atoms. The monoisotopic (exact) mass is 558 g/mol. The molecule has 208 valence electrons. The predicted octanol–water partition coefficient (Wildman–Crippen LogP) is 6.30. The van der Waals surface area contributed by atoms with Crippen LogP contribution in [0.25, 0.3) is 11.0 Å². The lowest BCUT2D eigenvalue weighted by molar-refractivity contribution is -0.126. The van der Waals surface area contributed by atoms with E-state index in [9.17, 15) is 18.8 Å². The average Bonchev–Trinajstić information content (AvgIpc) is 3.37. The second kappa shape index (κ2) is 9.24. The van der Waals surface area contributed by atoms with E-state index in [0.29, 0.717) is 27.8 Å². The Morgan fingerprint density at radius 1 is 0.786 bits per heavy atom. The molecule has 2 aliphatic rings. The fourth-order valence-corrected chi connectivity index (χ4v) is 6.27. The number of fused-ring (bicyclic) bond motifs is 5. The highest BCUT2D eigenvalue weighted by atomic mass is 19.1. The van der Waals surface area contributed by atoms with Crippen molar-refractivity contribution in [1.29, 1.82) is 0 Å². The standard InChI is InChI=1S/C35H27FN2O4/c1-20-8-10-24(11-9-20)19-38-33(40)32-30(31(39)26-16-21(2)22(3)17-29(26)42-32)35(38)27-6-4-5-7-28(27)37(34(35)41)18-23-12-14-25(36)15-13-23/h4-17H,18-19H2,1-3H3. The molecule has 2 aliphatic heterocycles. The average molecular weight is 559 g/mol. The van der Waals surface area contributed by atoms with Gasteiger partial charge in [0, 0.05) is 12.1 Å². The van der Waals surface area contributed by atoms with Crippen LogP contribution >= 0.6 is 0 Å². The minimum atomic E-state index is -1.73. The van der Waals surface area contributed by atoms with Gasteiger partial charge in [0.05, 0.1) is 23.2 Å². The van der Waals surface area contributed by atoms with Crippen LogP contribution in [0.4, 0.5) is 10.1 Å². The Kier molecular flexibility index (Phi) is 5.70. The second-order valence-corrected chi connectivity index (χ2v) is 11.2. The quantitative estimate of drug-likeness (QED) is 0.260. The van der Waals surface area contributed by atoms with Gasteiger partial charge >= 0.3 is 0 Å². The first-order valence-corrected chi connectivity index (χ1v) is 13.8. The van der Waals surface area contributed by atoms with Gasteiger partial charge in [0.2, 0.25) is 5.76 Å². The van der Waals surface area contributed by atoms with Crippen molar-refractivity contribution in [2.24, 2.45) is 0 Å². The summed E-state index contributed by atoms with van der Waals surface area (Å²) >= 11 is 0. The van der Waals surface area contributed by atoms with Crippen molar-refractivity contribution in [2.45, 2.75) is 39.4 Å². The van der Waals surface area contributed by atoms with Crippen LogP contribution in [0.3, 0.4) is 0 Å². The molecule has 0 saturated carbocycles. The van der Waals surface area contributed by atoms with Gasteiger partial charge in [-0.3, -0.25) is 14.4 Å². The van der Waals surface area contributed by atoms with E-state index in [2.05, 4.69) is 0 Å². The summed E-state index contributed by atoms with van der Waals surface area (Å²) in [5.74, 6) is -1.44. The zero-order chi connectivity index (χ0) is 29.3. The number of hydrogen-bond acceptors (Lipinski definition) is 4. The molecular weight excluding hydrogens is 531 g/mol. The van der Waals surface area contributed by atoms with Crippen molar-refractivity contribution < 1.29 is 18.4 Å². The molecule has 0 N–H and O–H groups in total. The van der Waals surface area contributed by atoms with E-state index >= 15 is 0 Å². The zero-order valence-corrected chi connectivity index (χ0v) is 23.4. The molecule has 1 unspecified atom stereocenters. The molecule has 0 aliphatic carbocycles. The van der Waals surface area contributed by atoms with Crippen LogP contribution in [-0.4, -0.2) is 16.7 Å². The zero-order valence-electron chi connectivity index (χ0n) is 23.4. The summed E-state index contributed by atoms with van der Waals surface area (Å²) < 4.78 is 19.9. The lowest BCUT2D eigenvalue weighted by Crippen LogP contribution is -2.52. The van der Waals surface area contributed by atoms with E-state index in [1.165, 1.54) is 17.0 Å². The normalized spacial score (nSPS) is 17.4. The summed E-state index contributed by atoms with van der Waals surface area (Å²) in [5.41, 5.74) is 3.74. The van der Waals surface area contributed by atoms with Crippen LogP contribution < -0.4 is 10.3 Å². The van der Waals surface area contributed by atoms with E-state index in [1.807, 2.05) is 57.2 Å². The van der Waals surface area contributed by atoms with Crippen molar-refractivity contribution in [3.8, 4) is 0 Å². The SMILES string of the molecule is Cc1ccc(CN2C(=O)c3oc4cc(C)c(C)cc4c(=O)c3C23C(=O)N(Cc2ccc(F)cc2)c2ccccc23)cc1. The third kappa shape index (κ3) is 3.59. The maximum atomic E-state index is 14.9. The number of aryl methyl sites for hydroxylation is 3. The van der Waals surface area contributed by atoms with E-state index in [4.69, 9.17) is 4.42 Å². The largest absolute Gasteiger partial charge is 0.450 e. The Bertz CT molecular complexity index is 2000. The number of anilines is 1. The van der Waals surface area contributed by atoms with Gasteiger partial charge in [0.15, 0.2) is 11.0 Å². The van der Waals surface area contributed by atoms with Gasteiger partial charge in [-0.05, 0) is 73.4 Å². The molecule has 2 amide bonds. The van der Waals surface area contributed by atoms with Crippen molar-refractivity contribution in [3.05, 3.63) is 146 Å². The van der Waals surface area contributed by atoms with Crippen LogP contribution in [0.15, 0.2) is 94.1 Å². The van der Waals surface area contributed by atoms with Gasteiger partial charge in [-0.25, -0.2) is 4.39 Å². The van der Waals surface area contributed by atoms with Gasteiger partial charge in [-0.1, -0.05) is 60.2 Å². The first-order chi connectivity index (χ1) is 20.2. The third-order valence-corrected chi connectivity index (χ3v) is 8.57. The number of benzene rings is 4. The number of rotatable bonds is 4.